The Morgan fingerprint density at radius 2 is 1.81 bits per heavy atom. The van der Waals surface area contributed by atoms with Crippen molar-refractivity contribution in [3.8, 4) is 22.5 Å². The third-order valence-electron chi connectivity index (χ3n) is 6.88. The van der Waals surface area contributed by atoms with Crippen LogP contribution in [0.25, 0.3) is 33.5 Å². The van der Waals surface area contributed by atoms with Crippen molar-refractivity contribution >= 4 is 27.0 Å². The van der Waals surface area contributed by atoms with Gasteiger partial charge in [-0.3, -0.25) is 4.79 Å². The Balaban J connectivity index is 1.42. The van der Waals surface area contributed by atoms with E-state index in [0.717, 1.165) is 0 Å². The molecule has 0 radical (unpaired) electrons. The minimum atomic E-state index is -3.87. The van der Waals surface area contributed by atoms with Crippen molar-refractivity contribution in [1.82, 2.24) is 13.9 Å². The van der Waals surface area contributed by atoms with Gasteiger partial charge in [0.05, 0.1) is 11.2 Å². The highest BCUT2D eigenvalue weighted by atomic mass is 32.2. The van der Waals surface area contributed by atoms with Crippen LogP contribution in [0.5, 0.6) is 0 Å². The second kappa shape index (κ2) is 8.43. The van der Waals surface area contributed by atoms with Crippen molar-refractivity contribution in [1.29, 1.82) is 0 Å². The van der Waals surface area contributed by atoms with Gasteiger partial charge in [-0.2, -0.15) is 0 Å². The standard InChI is InChI=1S/C28H23N3O5S/c1-30-14-12-28(33,27(30)32)21-8-5-7-19(15-21)25-16-20(18-36-25)24-17-31(26-23(24)11-6-13-29-26)37(34,35)22-9-3-2-4-10-22/h2-11,13,15-18,33H,12,14H2,1H3/t28-/m1/s1. The van der Waals surface area contributed by atoms with Crippen molar-refractivity contribution in [3.63, 3.8) is 0 Å². The Kier molecular flexibility index (Phi) is 5.29. The number of likely N-dealkylation sites (N-methyl/N-ethyl adjacent to an activating group) is 1. The summed E-state index contributed by atoms with van der Waals surface area (Å²) in [4.78, 5) is 18.6. The molecule has 1 amide bonds. The van der Waals surface area contributed by atoms with Crippen molar-refractivity contribution in [2.75, 3.05) is 13.6 Å². The van der Waals surface area contributed by atoms with Crippen LogP contribution >= 0.6 is 0 Å². The summed E-state index contributed by atoms with van der Waals surface area (Å²) in [5.74, 6) is 0.194. The number of pyridine rings is 1. The molecule has 1 N–H and O–H groups in total. The maximum atomic E-state index is 13.4. The molecule has 1 atom stereocenters. The van der Waals surface area contributed by atoms with Gasteiger partial charge in [0.2, 0.25) is 0 Å². The van der Waals surface area contributed by atoms with E-state index in [0.29, 0.717) is 52.0 Å². The zero-order valence-corrected chi connectivity index (χ0v) is 20.7. The van der Waals surface area contributed by atoms with Crippen LogP contribution in [0, 0.1) is 0 Å². The smallest absolute Gasteiger partial charge is 0.269 e. The largest absolute Gasteiger partial charge is 0.464 e. The van der Waals surface area contributed by atoms with Crippen LogP contribution in [-0.2, 0) is 20.4 Å². The van der Waals surface area contributed by atoms with Crippen molar-refractivity contribution < 1.29 is 22.7 Å². The Morgan fingerprint density at radius 1 is 1.00 bits per heavy atom. The highest BCUT2D eigenvalue weighted by molar-refractivity contribution is 7.90. The van der Waals surface area contributed by atoms with Crippen LogP contribution in [0.2, 0.25) is 0 Å². The average molecular weight is 514 g/mol. The molecule has 1 fully saturated rings. The molecule has 186 valence electrons. The summed E-state index contributed by atoms with van der Waals surface area (Å²) in [6, 6.07) is 20.7. The summed E-state index contributed by atoms with van der Waals surface area (Å²) < 4.78 is 33.9. The van der Waals surface area contributed by atoms with Crippen molar-refractivity contribution in [3.05, 3.63) is 97.0 Å². The summed E-state index contributed by atoms with van der Waals surface area (Å²) in [5.41, 5.74) is 1.28. The summed E-state index contributed by atoms with van der Waals surface area (Å²) in [5, 5.41) is 11.7. The molecule has 1 saturated heterocycles. The van der Waals surface area contributed by atoms with Gasteiger partial charge >= 0.3 is 0 Å². The minimum Gasteiger partial charge on any atom is -0.464 e. The van der Waals surface area contributed by atoms with E-state index in [2.05, 4.69) is 4.98 Å². The first-order valence-electron chi connectivity index (χ1n) is 11.7. The van der Waals surface area contributed by atoms with E-state index in [4.69, 9.17) is 4.42 Å². The van der Waals surface area contributed by atoms with Crippen LogP contribution in [-0.4, -0.2) is 46.9 Å². The number of hydrogen-bond acceptors (Lipinski definition) is 6. The number of carbonyl (C=O) groups is 1. The number of furan rings is 1. The number of amides is 1. The second-order valence-corrected chi connectivity index (χ2v) is 11.0. The molecule has 5 aromatic rings. The maximum Gasteiger partial charge on any atom is 0.269 e. The van der Waals surface area contributed by atoms with E-state index < -0.39 is 15.6 Å². The van der Waals surface area contributed by atoms with E-state index >= 15 is 0 Å². The van der Waals surface area contributed by atoms with Gasteiger partial charge in [-0.25, -0.2) is 17.4 Å². The lowest BCUT2D eigenvalue weighted by molar-refractivity contribution is -0.143. The Bertz CT molecular complexity index is 1760. The number of benzene rings is 2. The molecule has 6 rings (SSSR count). The molecule has 1 aliphatic rings. The van der Waals surface area contributed by atoms with Crippen LogP contribution < -0.4 is 0 Å². The number of nitrogens with zero attached hydrogens (tertiary/aromatic N) is 3. The summed E-state index contributed by atoms with van der Waals surface area (Å²) >= 11 is 0. The van der Waals surface area contributed by atoms with Gasteiger partial charge in [0.25, 0.3) is 15.9 Å². The molecule has 0 bridgehead atoms. The van der Waals surface area contributed by atoms with Gasteiger partial charge in [0, 0.05) is 54.5 Å². The molecular formula is C28H23N3O5S. The molecule has 1 aliphatic heterocycles. The van der Waals surface area contributed by atoms with E-state index in [1.165, 1.54) is 8.87 Å². The minimum absolute atomic E-state index is 0.166. The Morgan fingerprint density at radius 3 is 2.57 bits per heavy atom. The van der Waals surface area contributed by atoms with Crippen LogP contribution in [0.4, 0.5) is 0 Å². The fourth-order valence-electron chi connectivity index (χ4n) is 4.83. The number of rotatable bonds is 5. The molecule has 0 aliphatic carbocycles. The predicted molar refractivity (Wildman–Crippen MR) is 138 cm³/mol. The predicted octanol–water partition coefficient (Wildman–Crippen LogP) is 4.25. The summed E-state index contributed by atoms with van der Waals surface area (Å²) in [6.45, 7) is 0.481. The van der Waals surface area contributed by atoms with Gasteiger partial charge in [-0.1, -0.05) is 36.4 Å². The summed E-state index contributed by atoms with van der Waals surface area (Å²) in [6.07, 6.45) is 4.99. The molecule has 3 aromatic heterocycles. The first-order valence-corrected chi connectivity index (χ1v) is 13.2. The number of hydrogen-bond donors (Lipinski definition) is 1. The molecule has 37 heavy (non-hydrogen) atoms. The zero-order chi connectivity index (χ0) is 25.8. The maximum absolute atomic E-state index is 13.4. The highest BCUT2D eigenvalue weighted by Crippen LogP contribution is 2.38. The molecule has 9 heteroatoms. The Labute approximate surface area is 213 Å². The fourth-order valence-corrected chi connectivity index (χ4v) is 6.18. The SMILES string of the molecule is CN1CC[C@@](O)(c2cccc(-c3cc(-c4cn(S(=O)(=O)c5ccccc5)c5ncccc45)co3)c2)C1=O. The zero-order valence-electron chi connectivity index (χ0n) is 19.9. The van der Waals surface area contributed by atoms with Crippen molar-refractivity contribution in [2.45, 2.75) is 16.9 Å². The number of fused-ring (bicyclic) bond motifs is 1. The van der Waals surface area contributed by atoms with Gasteiger partial charge in [0.15, 0.2) is 11.2 Å². The van der Waals surface area contributed by atoms with E-state index in [1.54, 1.807) is 80.3 Å². The van der Waals surface area contributed by atoms with E-state index in [1.807, 2.05) is 18.2 Å². The molecule has 0 unspecified atom stereocenters. The first-order chi connectivity index (χ1) is 17.8. The number of aliphatic hydroxyl groups is 1. The lowest BCUT2D eigenvalue weighted by atomic mass is 9.90. The number of carbonyl (C=O) groups excluding carboxylic acids is 1. The highest BCUT2D eigenvalue weighted by Gasteiger charge is 2.45. The summed E-state index contributed by atoms with van der Waals surface area (Å²) in [7, 11) is -2.20. The topological polar surface area (TPSA) is 106 Å². The first kappa shape index (κ1) is 23.2. The third-order valence-corrected chi connectivity index (χ3v) is 8.54. The normalized spacial score (nSPS) is 18.1. The van der Waals surface area contributed by atoms with Gasteiger partial charge in [0.1, 0.15) is 5.76 Å². The molecule has 0 saturated carbocycles. The molecule has 4 heterocycles. The van der Waals surface area contributed by atoms with Crippen LogP contribution in [0.1, 0.15) is 12.0 Å². The molecule has 0 spiro atoms. The quantitative estimate of drug-likeness (QED) is 0.377. The van der Waals surface area contributed by atoms with E-state index in [9.17, 15) is 18.3 Å². The average Bonchev–Trinajstić information content (AvgIpc) is 3.63. The van der Waals surface area contributed by atoms with Gasteiger partial charge in [-0.05, 0) is 42.0 Å². The molecule has 2 aromatic carbocycles. The lowest BCUT2D eigenvalue weighted by Gasteiger charge is -2.21. The van der Waals surface area contributed by atoms with Gasteiger partial charge < -0.3 is 14.4 Å². The van der Waals surface area contributed by atoms with E-state index in [-0.39, 0.29) is 10.8 Å². The van der Waals surface area contributed by atoms with Crippen molar-refractivity contribution in [2.24, 2.45) is 0 Å². The van der Waals surface area contributed by atoms with Crippen LogP contribution in [0.15, 0.2) is 101 Å². The fraction of sp³-hybridized carbons (Fsp3) is 0.143. The number of aromatic nitrogens is 2. The van der Waals surface area contributed by atoms with Crippen LogP contribution in [0.3, 0.4) is 0 Å². The molecular weight excluding hydrogens is 490 g/mol. The van der Waals surface area contributed by atoms with Gasteiger partial charge in [-0.15, -0.1) is 0 Å². The monoisotopic (exact) mass is 513 g/mol. The second-order valence-electron chi connectivity index (χ2n) is 9.15. The lowest BCUT2D eigenvalue weighted by Crippen LogP contribution is -2.36. The number of likely N-dealkylation sites (tertiary alicyclic amines) is 1. The molecule has 8 nitrogen and oxygen atoms in total. The Hall–Kier alpha value is -4.21. The third kappa shape index (κ3) is 3.66.